The van der Waals surface area contributed by atoms with Crippen molar-refractivity contribution in [3.63, 3.8) is 0 Å². The number of carbonyl (C=O) groups excluding carboxylic acids is 3. The molecule has 1 atom stereocenters. The van der Waals surface area contributed by atoms with Gasteiger partial charge in [0.05, 0.1) is 13.2 Å². The fourth-order valence-electron chi connectivity index (χ4n) is 3.89. The Labute approximate surface area is 180 Å². The van der Waals surface area contributed by atoms with Gasteiger partial charge in [-0.15, -0.1) is 0 Å². The number of hydrogen-bond donors (Lipinski definition) is 1. The van der Waals surface area contributed by atoms with Crippen LogP contribution in [0.1, 0.15) is 39.9 Å². The van der Waals surface area contributed by atoms with Crippen LogP contribution in [0, 0.1) is 0 Å². The molecule has 1 fully saturated rings. The van der Waals surface area contributed by atoms with Gasteiger partial charge < -0.3 is 19.9 Å². The van der Waals surface area contributed by atoms with Gasteiger partial charge in [-0.05, 0) is 18.9 Å². The van der Waals surface area contributed by atoms with Crippen LogP contribution in [0.3, 0.4) is 0 Å². The summed E-state index contributed by atoms with van der Waals surface area (Å²) in [5.41, 5.74) is 1.59. The summed E-state index contributed by atoms with van der Waals surface area (Å²) in [5, 5.41) is 7.05. The maximum Gasteiger partial charge on any atom is 0.272 e. The summed E-state index contributed by atoms with van der Waals surface area (Å²) >= 11 is 0. The minimum atomic E-state index is -0.683. The largest absolute Gasteiger partial charge is 0.378 e. The highest BCUT2D eigenvalue weighted by Crippen LogP contribution is 2.17. The van der Waals surface area contributed by atoms with E-state index >= 15 is 0 Å². The quantitative estimate of drug-likeness (QED) is 0.768. The zero-order valence-corrected chi connectivity index (χ0v) is 17.6. The van der Waals surface area contributed by atoms with Crippen LogP contribution in [0.4, 0.5) is 0 Å². The molecular weight excluding hydrogens is 398 g/mol. The molecule has 2 aliphatic rings. The summed E-state index contributed by atoms with van der Waals surface area (Å²) in [6, 6.07) is 10.7. The molecule has 3 heterocycles. The third-order valence-corrected chi connectivity index (χ3v) is 5.57. The molecule has 0 saturated carbocycles. The molecule has 2 aromatic rings. The average molecular weight is 425 g/mol. The van der Waals surface area contributed by atoms with Crippen LogP contribution in [0.15, 0.2) is 36.4 Å². The van der Waals surface area contributed by atoms with Crippen LogP contribution in [-0.4, -0.2) is 76.2 Å². The first kappa shape index (κ1) is 21.0. The SMILES string of the molecule is C[C@@H](NC(=O)c1cc2n(n1)CCCN(Cc1ccccc1)C2=O)C(=O)N1CCOCC1. The van der Waals surface area contributed by atoms with Gasteiger partial charge in [-0.2, -0.15) is 5.10 Å². The van der Waals surface area contributed by atoms with E-state index in [1.807, 2.05) is 30.3 Å². The van der Waals surface area contributed by atoms with E-state index in [9.17, 15) is 14.4 Å². The second-order valence-electron chi connectivity index (χ2n) is 7.84. The molecule has 0 bridgehead atoms. The monoisotopic (exact) mass is 425 g/mol. The molecule has 1 aromatic carbocycles. The maximum absolute atomic E-state index is 13.1. The van der Waals surface area contributed by atoms with Gasteiger partial charge in [-0.3, -0.25) is 19.1 Å². The Morgan fingerprint density at radius 3 is 2.61 bits per heavy atom. The molecule has 0 spiro atoms. The number of aryl methyl sites for hydroxylation is 1. The summed E-state index contributed by atoms with van der Waals surface area (Å²) < 4.78 is 6.86. The van der Waals surface area contributed by atoms with Crippen molar-refractivity contribution in [3.05, 3.63) is 53.3 Å². The Kier molecular flexibility index (Phi) is 6.31. The van der Waals surface area contributed by atoms with Crippen LogP contribution in [-0.2, 0) is 22.6 Å². The number of nitrogens with zero attached hydrogens (tertiary/aromatic N) is 4. The smallest absolute Gasteiger partial charge is 0.272 e. The van der Waals surface area contributed by atoms with E-state index in [1.165, 1.54) is 6.07 Å². The van der Waals surface area contributed by atoms with Gasteiger partial charge in [0.2, 0.25) is 5.91 Å². The highest BCUT2D eigenvalue weighted by molar-refractivity contribution is 5.99. The predicted molar refractivity (Wildman–Crippen MR) is 112 cm³/mol. The summed E-state index contributed by atoms with van der Waals surface area (Å²) in [7, 11) is 0. The van der Waals surface area contributed by atoms with Crippen molar-refractivity contribution in [2.45, 2.75) is 32.5 Å². The van der Waals surface area contributed by atoms with Crippen molar-refractivity contribution in [2.24, 2.45) is 0 Å². The molecule has 0 radical (unpaired) electrons. The van der Waals surface area contributed by atoms with E-state index in [1.54, 1.807) is 21.4 Å². The van der Waals surface area contributed by atoms with Crippen LogP contribution in [0.2, 0.25) is 0 Å². The molecule has 1 aromatic heterocycles. The highest BCUT2D eigenvalue weighted by Gasteiger charge is 2.28. The molecule has 4 rings (SSSR count). The van der Waals surface area contributed by atoms with Crippen molar-refractivity contribution in [2.75, 3.05) is 32.8 Å². The summed E-state index contributed by atoms with van der Waals surface area (Å²) in [6.45, 7) is 5.39. The maximum atomic E-state index is 13.1. The summed E-state index contributed by atoms with van der Waals surface area (Å²) in [6.07, 6.45) is 0.750. The Hall–Kier alpha value is -3.20. The van der Waals surface area contributed by atoms with Gasteiger partial charge >= 0.3 is 0 Å². The third-order valence-electron chi connectivity index (χ3n) is 5.57. The van der Waals surface area contributed by atoms with Crippen molar-refractivity contribution in [3.8, 4) is 0 Å². The number of hydrogen-bond acceptors (Lipinski definition) is 5. The number of aromatic nitrogens is 2. The molecule has 9 heteroatoms. The van der Waals surface area contributed by atoms with Gasteiger partial charge in [-0.25, -0.2) is 0 Å². The standard InChI is InChI=1S/C22H27N5O4/c1-16(21(29)25-10-12-31-13-11-25)23-20(28)18-14-19-22(30)26(8-5-9-27(19)24-18)15-17-6-3-2-4-7-17/h2-4,6-7,14,16H,5,8-13,15H2,1H3,(H,23,28)/t16-/m1/s1. The second kappa shape index (κ2) is 9.30. The van der Waals surface area contributed by atoms with E-state index in [0.29, 0.717) is 51.6 Å². The van der Waals surface area contributed by atoms with Crippen LogP contribution < -0.4 is 5.32 Å². The lowest BCUT2D eigenvalue weighted by Crippen LogP contribution is -2.50. The number of ether oxygens (including phenoxy) is 1. The van der Waals surface area contributed by atoms with E-state index in [2.05, 4.69) is 10.4 Å². The molecule has 2 aliphatic heterocycles. The lowest BCUT2D eigenvalue weighted by Gasteiger charge is -2.29. The molecule has 0 unspecified atom stereocenters. The minimum Gasteiger partial charge on any atom is -0.378 e. The molecular formula is C22H27N5O4. The fourth-order valence-corrected chi connectivity index (χ4v) is 3.89. The molecule has 1 N–H and O–H groups in total. The number of benzene rings is 1. The normalized spacial score (nSPS) is 17.6. The van der Waals surface area contributed by atoms with Gasteiger partial charge in [0, 0.05) is 38.8 Å². The first-order chi connectivity index (χ1) is 15.0. The number of fused-ring (bicyclic) bond motifs is 1. The molecule has 3 amide bonds. The second-order valence-corrected chi connectivity index (χ2v) is 7.84. The summed E-state index contributed by atoms with van der Waals surface area (Å²) in [4.78, 5) is 41.8. The minimum absolute atomic E-state index is 0.145. The first-order valence-corrected chi connectivity index (χ1v) is 10.6. The first-order valence-electron chi connectivity index (χ1n) is 10.6. The van der Waals surface area contributed by atoms with Gasteiger partial charge in [0.1, 0.15) is 11.7 Å². The molecule has 164 valence electrons. The van der Waals surface area contributed by atoms with E-state index in [-0.39, 0.29) is 17.5 Å². The summed E-state index contributed by atoms with van der Waals surface area (Å²) in [5.74, 6) is -0.759. The van der Waals surface area contributed by atoms with E-state index in [0.717, 1.165) is 12.0 Å². The van der Waals surface area contributed by atoms with Crippen molar-refractivity contribution in [1.82, 2.24) is 24.9 Å². The number of rotatable bonds is 5. The van der Waals surface area contributed by atoms with Crippen LogP contribution >= 0.6 is 0 Å². The number of morpholine rings is 1. The van der Waals surface area contributed by atoms with Crippen LogP contribution in [0.5, 0.6) is 0 Å². The predicted octanol–water partition coefficient (Wildman–Crippen LogP) is 0.906. The zero-order valence-electron chi connectivity index (χ0n) is 17.6. The highest BCUT2D eigenvalue weighted by atomic mass is 16.5. The van der Waals surface area contributed by atoms with Crippen molar-refractivity contribution < 1.29 is 19.1 Å². The molecule has 0 aliphatic carbocycles. The lowest BCUT2D eigenvalue weighted by molar-refractivity contribution is -0.136. The van der Waals surface area contributed by atoms with E-state index in [4.69, 9.17) is 4.74 Å². The molecule has 31 heavy (non-hydrogen) atoms. The fraction of sp³-hybridized carbons (Fsp3) is 0.455. The number of amides is 3. The lowest BCUT2D eigenvalue weighted by atomic mass is 10.2. The Morgan fingerprint density at radius 1 is 1.13 bits per heavy atom. The third kappa shape index (κ3) is 4.77. The Bertz CT molecular complexity index is 952. The number of carbonyl (C=O) groups is 3. The van der Waals surface area contributed by atoms with Crippen molar-refractivity contribution in [1.29, 1.82) is 0 Å². The van der Waals surface area contributed by atoms with Crippen LogP contribution in [0.25, 0.3) is 0 Å². The average Bonchev–Trinajstić information content (AvgIpc) is 3.17. The Balaban J connectivity index is 1.43. The van der Waals surface area contributed by atoms with Gasteiger partial charge in [0.15, 0.2) is 5.69 Å². The van der Waals surface area contributed by atoms with Gasteiger partial charge in [0.25, 0.3) is 11.8 Å². The molecule has 1 saturated heterocycles. The van der Waals surface area contributed by atoms with Gasteiger partial charge in [-0.1, -0.05) is 30.3 Å². The van der Waals surface area contributed by atoms with E-state index < -0.39 is 11.9 Å². The Morgan fingerprint density at radius 2 is 1.87 bits per heavy atom. The topological polar surface area (TPSA) is 96.8 Å². The number of nitrogens with one attached hydrogen (secondary N) is 1. The zero-order chi connectivity index (χ0) is 21.8. The molecule has 9 nitrogen and oxygen atoms in total. The van der Waals surface area contributed by atoms with Crippen molar-refractivity contribution >= 4 is 17.7 Å².